The van der Waals surface area contributed by atoms with Crippen molar-refractivity contribution in [1.29, 1.82) is 0 Å². The molecule has 0 atom stereocenters. The van der Waals surface area contributed by atoms with Crippen molar-refractivity contribution in [2.24, 2.45) is 0 Å². The molecule has 0 aliphatic carbocycles. The molecule has 0 unspecified atom stereocenters. The molecule has 0 radical (unpaired) electrons. The lowest BCUT2D eigenvalue weighted by Gasteiger charge is -2.18. The number of hydrogen-bond acceptors (Lipinski definition) is 1. The van der Waals surface area contributed by atoms with Gasteiger partial charge in [0.1, 0.15) is 0 Å². The highest BCUT2D eigenvalue weighted by atomic mass is 19.4. The highest BCUT2D eigenvalue weighted by molar-refractivity contribution is 5.85. The van der Waals surface area contributed by atoms with E-state index in [-0.39, 0.29) is 12.0 Å². The number of halogens is 5. The lowest BCUT2D eigenvalue weighted by Crippen LogP contribution is -2.36. The average Bonchev–Trinajstić information content (AvgIpc) is 2.09. The number of rotatable bonds is 5. The second-order valence-corrected chi connectivity index (χ2v) is 3.29. The van der Waals surface area contributed by atoms with Crippen LogP contribution in [0.1, 0.15) is 26.2 Å². The number of unbranched alkanes of at least 4 members (excludes halogenated alkanes) is 1. The molecule has 0 aliphatic rings. The summed E-state index contributed by atoms with van der Waals surface area (Å²) in [4.78, 5) is 10.3. The highest BCUT2D eigenvalue weighted by Crippen LogP contribution is 2.39. The fourth-order valence-corrected chi connectivity index (χ4v) is 0.872. The summed E-state index contributed by atoms with van der Waals surface area (Å²) in [5, 5.41) is 8.37. The molecule has 0 aromatic rings. The van der Waals surface area contributed by atoms with E-state index in [1.807, 2.05) is 0 Å². The van der Waals surface area contributed by atoms with Crippen LogP contribution < -0.4 is 0 Å². The minimum Gasteiger partial charge on any atom is -0.478 e. The third-order valence-corrected chi connectivity index (χ3v) is 1.90. The molecule has 0 spiro atoms. The minimum atomic E-state index is -5.54. The lowest BCUT2D eigenvalue weighted by molar-refractivity contribution is -0.284. The van der Waals surface area contributed by atoms with Crippen molar-refractivity contribution in [3.63, 3.8) is 0 Å². The van der Waals surface area contributed by atoms with E-state index in [1.54, 1.807) is 0 Å². The topological polar surface area (TPSA) is 37.3 Å². The molecule has 0 aromatic carbocycles. The molecule has 16 heavy (non-hydrogen) atoms. The van der Waals surface area contributed by atoms with Gasteiger partial charge in [-0.25, -0.2) is 4.79 Å². The van der Waals surface area contributed by atoms with Gasteiger partial charge in [0.2, 0.25) is 0 Å². The van der Waals surface area contributed by atoms with Gasteiger partial charge in [0.15, 0.2) is 0 Å². The fraction of sp³-hybridized carbons (Fsp3) is 0.667. The first-order chi connectivity index (χ1) is 7.08. The van der Waals surface area contributed by atoms with Gasteiger partial charge in [-0.2, -0.15) is 22.0 Å². The van der Waals surface area contributed by atoms with E-state index in [0.717, 1.165) is 6.08 Å². The average molecular weight is 246 g/mol. The standard InChI is InChI=1S/C9H11F5O2/c1-6(7(15)16)4-2-3-5-8(10,11)9(12,13)14/h4H,2-3,5H2,1H3,(H,15,16). The maximum absolute atomic E-state index is 12.4. The molecule has 0 aromatic heterocycles. The van der Waals surface area contributed by atoms with Crippen LogP contribution in [0.4, 0.5) is 22.0 Å². The van der Waals surface area contributed by atoms with Crippen molar-refractivity contribution >= 4 is 5.97 Å². The monoisotopic (exact) mass is 246 g/mol. The molecule has 0 saturated heterocycles. The van der Waals surface area contributed by atoms with Crippen LogP contribution in [0.25, 0.3) is 0 Å². The maximum atomic E-state index is 12.4. The molecule has 0 aliphatic heterocycles. The van der Waals surface area contributed by atoms with Crippen LogP contribution in [0, 0.1) is 0 Å². The molecule has 0 fully saturated rings. The van der Waals surface area contributed by atoms with E-state index in [0.29, 0.717) is 0 Å². The van der Waals surface area contributed by atoms with Crippen molar-refractivity contribution in [1.82, 2.24) is 0 Å². The Hall–Kier alpha value is -1.14. The number of carbonyl (C=O) groups is 1. The van der Waals surface area contributed by atoms with Crippen LogP contribution in [-0.2, 0) is 4.79 Å². The summed E-state index contributed by atoms with van der Waals surface area (Å²) in [5.74, 6) is -5.93. The molecular formula is C9H11F5O2. The second kappa shape index (κ2) is 5.27. The molecule has 0 saturated carbocycles. The van der Waals surface area contributed by atoms with E-state index in [4.69, 9.17) is 5.11 Å². The SMILES string of the molecule is CC(=CCCCC(F)(F)C(F)(F)F)C(=O)O. The van der Waals surface area contributed by atoms with Crippen LogP contribution in [0.2, 0.25) is 0 Å². The Bertz CT molecular complexity index is 280. The summed E-state index contributed by atoms with van der Waals surface area (Å²) >= 11 is 0. The first-order valence-corrected chi connectivity index (χ1v) is 4.42. The number of hydrogen-bond donors (Lipinski definition) is 1. The van der Waals surface area contributed by atoms with Crippen LogP contribution in [0.3, 0.4) is 0 Å². The molecule has 0 bridgehead atoms. The highest BCUT2D eigenvalue weighted by Gasteiger charge is 2.56. The first kappa shape index (κ1) is 14.9. The summed E-state index contributed by atoms with van der Waals surface area (Å²) < 4.78 is 59.8. The number of carboxylic acids is 1. The lowest BCUT2D eigenvalue weighted by atomic mass is 10.1. The van der Waals surface area contributed by atoms with Gasteiger partial charge in [-0.3, -0.25) is 0 Å². The number of aliphatic carboxylic acids is 1. The Morgan fingerprint density at radius 3 is 2.12 bits per heavy atom. The van der Waals surface area contributed by atoms with Gasteiger partial charge in [0.05, 0.1) is 0 Å². The van der Waals surface area contributed by atoms with Crippen molar-refractivity contribution in [2.75, 3.05) is 0 Å². The van der Waals surface area contributed by atoms with Gasteiger partial charge in [0, 0.05) is 12.0 Å². The van der Waals surface area contributed by atoms with Crippen LogP contribution in [0.15, 0.2) is 11.6 Å². The number of alkyl halides is 5. The van der Waals surface area contributed by atoms with Gasteiger partial charge in [-0.15, -0.1) is 0 Å². The number of carboxylic acid groups (broad SMARTS) is 1. The molecule has 2 nitrogen and oxygen atoms in total. The summed E-state index contributed by atoms with van der Waals surface area (Å²) in [7, 11) is 0. The molecule has 7 heteroatoms. The zero-order chi connectivity index (χ0) is 13.0. The summed E-state index contributed by atoms with van der Waals surface area (Å²) in [6, 6.07) is 0. The Morgan fingerprint density at radius 2 is 1.75 bits per heavy atom. The largest absolute Gasteiger partial charge is 0.478 e. The van der Waals surface area contributed by atoms with E-state index in [2.05, 4.69) is 0 Å². The van der Waals surface area contributed by atoms with E-state index < -0.39 is 30.9 Å². The number of allylic oxidation sites excluding steroid dienone is 1. The van der Waals surface area contributed by atoms with E-state index in [9.17, 15) is 26.7 Å². The van der Waals surface area contributed by atoms with E-state index in [1.165, 1.54) is 6.92 Å². The molecule has 1 N–H and O–H groups in total. The quantitative estimate of drug-likeness (QED) is 0.458. The Morgan fingerprint density at radius 1 is 1.25 bits per heavy atom. The van der Waals surface area contributed by atoms with Gasteiger partial charge < -0.3 is 5.11 Å². The normalized spacial score (nSPS) is 14.0. The summed E-state index contributed by atoms with van der Waals surface area (Å²) in [6.07, 6.45) is -6.30. The predicted octanol–water partition coefficient (Wildman–Crippen LogP) is 3.39. The minimum absolute atomic E-state index is 0.0738. The van der Waals surface area contributed by atoms with Crippen molar-refractivity contribution in [3.05, 3.63) is 11.6 Å². The Balaban J connectivity index is 4.10. The molecular weight excluding hydrogens is 235 g/mol. The van der Waals surface area contributed by atoms with E-state index >= 15 is 0 Å². The van der Waals surface area contributed by atoms with Crippen LogP contribution in [-0.4, -0.2) is 23.2 Å². The first-order valence-electron chi connectivity index (χ1n) is 4.42. The predicted molar refractivity (Wildman–Crippen MR) is 46.2 cm³/mol. The molecule has 0 rings (SSSR count). The third-order valence-electron chi connectivity index (χ3n) is 1.90. The third kappa shape index (κ3) is 4.59. The zero-order valence-corrected chi connectivity index (χ0v) is 8.44. The fourth-order valence-electron chi connectivity index (χ4n) is 0.872. The van der Waals surface area contributed by atoms with Gasteiger partial charge >= 0.3 is 18.1 Å². The van der Waals surface area contributed by atoms with Gasteiger partial charge in [-0.1, -0.05) is 6.08 Å². The zero-order valence-electron chi connectivity index (χ0n) is 8.44. The van der Waals surface area contributed by atoms with Crippen LogP contribution in [0.5, 0.6) is 0 Å². The van der Waals surface area contributed by atoms with Crippen molar-refractivity contribution < 1.29 is 31.9 Å². The van der Waals surface area contributed by atoms with Gasteiger partial charge in [-0.05, 0) is 19.8 Å². The van der Waals surface area contributed by atoms with Crippen molar-refractivity contribution in [3.8, 4) is 0 Å². The van der Waals surface area contributed by atoms with Gasteiger partial charge in [0.25, 0.3) is 0 Å². The maximum Gasteiger partial charge on any atom is 0.453 e. The molecule has 0 heterocycles. The van der Waals surface area contributed by atoms with Crippen molar-refractivity contribution in [2.45, 2.75) is 38.3 Å². The summed E-state index contributed by atoms with van der Waals surface area (Å²) in [6.45, 7) is 1.24. The molecule has 0 amide bonds. The summed E-state index contributed by atoms with van der Waals surface area (Å²) in [5.41, 5.74) is -0.0738. The van der Waals surface area contributed by atoms with Crippen LogP contribution >= 0.6 is 0 Å². The Kier molecular flexibility index (Phi) is 4.89. The Labute approximate surface area is 88.8 Å². The second-order valence-electron chi connectivity index (χ2n) is 3.29. The molecule has 94 valence electrons. The smallest absolute Gasteiger partial charge is 0.453 e.